The molecular weight excluding hydrogens is 468 g/mol. The van der Waals surface area contributed by atoms with Crippen LogP contribution in [0.5, 0.6) is 0 Å². The van der Waals surface area contributed by atoms with E-state index < -0.39 is 39.6 Å². The first-order valence-corrected chi connectivity index (χ1v) is 14.0. The van der Waals surface area contributed by atoms with Crippen molar-refractivity contribution in [2.45, 2.75) is 118 Å². The molecule has 0 saturated heterocycles. The zero-order valence-electron chi connectivity index (χ0n) is 21.7. The molecule has 0 radical (unpaired) electrons. The summed E-state index contributed by atoms with van der Waals surface area (Å²) in [6, 6.07) is 0. The summed E-state index contributed by atoms with van der Waals surface area (Å²) in [5.74, 6) is 1.34. The normalized spacial score (nSPS) is 13.5. The topological polar surface area (TPSA) is 120 Å². The van der Waals surface area contributed by atoms with E-state index in [1.54, 1.807) is 41.5 Å². The maximum Gasteiger partial charge on any atom is 3.00 e. The molecule has 180 valence electrons. The molecule has 0 saturated carbocycles. The van der Waals surface area contributed by atoms with Gasteiger partial charge in [-0.05, 0) is 78.6 Å². The van der Waals surface area contributed by atoms with Gasteiger partial charge in [-0.15, -0.1) is 0 Å². The third kappa shape index (κ3) is 22.3. The summed E-state index contributed by atoms with van der Waals surface area (Å²) in [5, 5.41) is -1.57. The van der Waals surface area contributed by atoms with E-state index in [-0.39, 0.29) is 17.4 Å². The SMILES string of the molecule is CC(C)CC(C)(C)[P+](=O)[O-].CC(C)CC(C)(C)[P+](=O)[O-].CC(C)CC(C)(C)[P+](=O)[O-].[Al+3]. The minimum Gasteiger partial charge on any atom is -0.595 e. The first kappa shape index (κ1) is 39.0. The maximum atomic E-state index is 10.6. The van der Waals surface area contributed by atoms with Crippen molar-refractivity contribution < 1.29 is 28.4 Å². The van der Waals surface area contributed by atoms with Crippen LogP contribution in [0.25, 0.3) is 0 Å². The summed E-state index contributed by atoms with van der Waals surface area (Å²) in [5.41, 5.74) is 0. The molecule has 0 aliphatic rings. The van der Waals surface area contributed by atoms with E-state index in [4.69, 9.17) is 0 Å². The molecule has 31 heavy (non-hydrogen) atoms. The van der Waals surface area contributed by atoms with Gasteiger partial charge in [-0.1, -0.05) is 55.2 Å². The van der Waals surface area contributed by atoms with E-state index in [0.29, 0.717) is 17.8 Å². The van der Waals surface area contributed by atoms with Crippen LogP contribution < -0.4 is 14.7 Å². The molecule has 3 unspecified atom stereocenters. The van der Waals surface area contributed by atoms with Crippen molar-refractivity contribution >= 4 is 41.4 Å². The van der Waals surface area contributed by atoms with Crippen molar-refractivity contribution in [2.75, 3.05) is 0 Å². The van der Waals surface area contributed by atoms with Crippen molar-refractivity contribution in [2.24, 2.45) is 17.8 Å². The zero-order chi connectivity index (χ0) is 25.1. The Labute approximate surface area is 205 Å². The smallest absolute Gasteiger partial charge is 0.595 e. The molecule has 0 spiro atoms. The zero-order valence-corrected chi connectivity index (χ0v) is 25.6. The quantitative estimate of drug-likeness (QED) is 0.302. The van der Waals surface area contributed by atoms with E-state index in [1.165, 1.54) is 0 Å². The van der Waals surface area contributed by atoms with E-state index in [1.807, 2.05) is 41.5 Å². The summed E-state index contributed by atoms with van der Waals surface area (Å²) in [7, 11) is -6.83. The van der Waals surface area contributed by atoms with Gasteiger partial charge in [-0.2, -0.15) is 0 Å². The average Bonchev–Trinajstić information content (AvgIpc) is 2.43. The van der Waals surface area contributed by atoms with Crippen LogP contribution in [0.15, 0.2) is 0 Å². The van der Waals surface area contributed by atoms with Crippen LogP contribution >= 0.6 is 24.1 Å². The summed E-state index contributed by atoms with van der Waals surface area (Å²) in [6.45, 7) is 22.7. The Bertz CT molecular complexity index is 471. The van der Waals surface area contributed by atoms with Crippen LogP contribution in [0.3, 0.4) is 0 Å². The Morgan fingerprint density at radius 2 is 0.645 bits per heavy atom. The van der Waals surface area contributed by atoms with Gasteiger partial charge in [0.2, 0.25) is 0 Å². The van der Waals surface area contributed by atoms with Crippen LogP contribution in [0, 0.1) is 17.8 Å². The van der Waals surface area contributed by atoms with Crippen LogP contribution in [-0.2, 0) is 13.7 Å². The molecule has 0 fully saturated rings. The second kappa shape index (κ2) is 17.2. The van der Waals surface area contributed by atoms with Gasteiger partial charge in [0.05, 0.1) is 0 Å². The minimum atomic E-state index is -2.28. The van der Waals surface area contributed by atoms with Gasteiger partial charge in [0.15, 0.2) is 15.5 Å². The predicted octanol–water partition coefficient (Wildman–Crippen LogP) is 5.36. The molecule has 6 nitrogen and oxygen atoms in total. The van der Waals surface area contributed by atoms with Crippen molar-refractivity contribution in [1.82, 2.24) is 0 Å². The third-order valence-electron chi connectivity index (χ3n) is 4.21. The molecule has 3 atom stereocenters. The summed E-state index contributed by atoms with van der Waals surface area (Å²) in [4.78, 5) is 31.8. The summed E-state index contributed by atoms with van der Waals surface area (Å²) in [6.07, 6.45) is 2.23. The number of hydrogen-bond donors (Lipinski definition) is 0. The fourth-order valence-corrected chi connectivity index (χ4v) is 4.76. The summed E-state index contributed by atoms with van der Waals surface area (Å²) < 4.78 is 31.8. The van der Waals surface area contributed by atoms with Gasteiger partial charge in [0.1, 0.15) is 0 Å². The monoisotopic (exact) mass is 513 g/mol. The van der Waals surface area contributed by atoms with Crippen molar-refractivity contribution in [3.8, 4) is 0 Å². The van der Waals surface area contributed by atoms with Gasteiger partial charge < -0.3 is 14.7 Å². The Morgan fingerprint density at radius 3 is 0.677 bits per heavy atom. The molecule has 0 bridgehead atoms. The van der Waals surface area contributed by atoms with Crippen molar-refractivity contribution in [3.05, 3.63) is 0 Å². The average molecular weight is 513 g/mol. The van der Waals surface area contributed by atoms with Crippen LogP contribution in [-0.4, -0.2) is 32.8 Å². The fraction of sp³-hybridized carbons (Fsp3) is 1.00. The van der Waals surface area contributed by atoms with E-state index >= 15 is 0 Å². The third-order valence-corrected chi connectivity index (χ3v) is 7.72. The molecule has 0 N–H and O–H groups in total. The first-order valence-electron chi connectivity index (χ1n) is 10.5. The van der Waals surface area contributed by atoms with Crippen LogP contribution in [0.1, 0.15) is 102 Å². The fourth-order valence-electron chi connectivity index (χ4n) is 3.22. The second-order valence-corrected chi connectivity index (χ2v) is 16.2. The molecule has 10 heteroatoms. The van der Waals surface area contributed by atoms with Crippen molar-refractivity contribution in [3.63, 3.8) is 0 Å². The summed E-state index contributed by atoms with van der Waals surface area (Å²) >= 11 is 0. The standard InChI is InChI=1S/3C7H15O2P.Al/c3*1-6(2)5-7(3,4)10(8)9;/h3*6H,5H2,1-4H3;/q;;;+3. The van der Waals surface area contributed by atoms with E-state index in [0.717, 1.165) is 19.3 Å². The number of hydrogen-bond acceptors (Lipinski definition) is 6. The van der Waals surface area contributed by atoms with Gasteiger partial charge >= 0.3 is 41.4 Å². The Kier molecular flexibility index (Phi) is 21.6. The molecule has 0 amide bonds. The molecule has 0 heterocycles. The Morgan fingerprint density at radius 1 is 0.516 bits per heavy atom. The van der Waals surface area contributed by atoms with Crippen molar-refractivity contribution in [1.29, 1.82) is 0 Å². The van der Waals surface area contributed by atoms with Gasteiger partial charge in [0.25, 0.3) is 0 Å². The Balaban J connectivity index is -0.000000174. The van der Waals surface area contributed by atoms with Gasteiger partial charge in [-0.25, -0.2) is 0 Å². The van der Waals surface area contributed by atoms with E-state index in [9.17, 15) is 28.4 Å². The van der Waals surface area contributed by atoms with Crippen LogP contribution in [0.2, 0.25) is 0 Å². The Hall–Kier alpha value is 0.712. The van der Waals surface area contributed by atoms with Gasteiger partial charge in [0, 0.05) is 0 Å². The molecule has 0 aliphatic carbocycles. The maximum absolute atomic E-state index is 10.6. The first-order chi connectivity index (χ1) is 13.1. The van der Waals surface area contributed by atoms with Crippen LogP contribution in [0.4, 0.5) is 0 Å². The molecule has 0 aromatic rings. The largest absolute Gasteiger partial charge is 3.00 e. The predicted molar refractivity (Wildman–Crippen MR) is 129 cm³/mol. The van der Waals surface area contributed by atoms with E-state index in [2.05, 4.69) is 0 Å². The molecule has 0 rings (SSSR count). The second-order valence-electron chi connectivity index (χ2n) is 11.0. The molecular formula is C21H45AlO6P3+3. The van der Waals surface area contributed by atoms with Gasteiger partial charge in [-0.3, -0.25) is 0 Å². The molecule has 0 aliphatic heterocycles. The minimum absolute atomic E-state index is 0. The molecule has 0 aromatic carbocycles. The molecule has 0 aromatic heterocycles. The number of rotatable bonds is 9.